The number of para-hydroxylation sites is 1. The van der Waals surface area contributed by atoms with Gasteiger partial charge in [-0.05, 0) is 49.4 Å². The van der Waals surface area contributed by atoms with E-state index in [1.807, 2.05) is 18.2 Å². The van der Waals surface area contributed by atoms with Gasteiger partial charge >= 0.3 is 0 Å². The minimum Gasteiger partial charge on any atom is -0.342 e. The Balaban J connectivity index is 2.38. The molecule has 0 aromatic heterocycles. The normalized spacial score (nSPS) is 10.6. The van der Waals surface area contributed by atoms with Crippen LogP contribution in [-0.4, -0.2) is 13.1 Å². The summed E-state index contributed by atoms with van der Waals surface area (Å²) in [5.74, 6) is 0. The monoisotopic (exact) mass is 288 g/mol. The Kier molecular flexibility index (Phi) is 5.45. The first-order valence-electron chi connectivity index (χ1n) is 7.08. The highest BCUT2D eigenvalue weighted by Crippen LogP contribution is 2.30. The number of hydrogen-bond donors (Lipinski definition) is 1. The molecule has 106 valence electrons. The molecule has 2 rings (SSSR count). The van der Waals surface area contributed by atoms with Crippen molar-refractivity contribution in [3.8, 4) is 0 Å². The van der Waals surface area contributed by atoms with E-state index in [-0.39, 0.29) is 0 Å². The van der Waals surface area contributed by atoms with Gasteiger partial charge in [0, 0.05) is 29.5 Å². The zero-order chi connectivity index (χ0) is 14.4. The average Bonchev–Trinajstić information content (AvgIpc) is 2.49. The quantitative estimate of drug-likeness (QED) is 0.835. The van der Waals surface area contributed by atoms with Gasteiger partial charge in [0.1, 0.15) is 0 Å². The first-order chi connectivity index (χ1) is 9.76. The summed E-state index contributed by atoms with van der Waals surface area (Å²) in [6.45, 7) is 6.97. The molecule has 0 unspecified atom stereocenters. The maximum Gasteiger partial charge on any atom is 0.0457 e. The van der Waals surface area contributed by atoms with Crippen molar-refractivity contribution in [2.75, 3.05) is 18.0 Å². The average molecular weight is 289 g/mol. The topological polar surface area (TPSA) is 15.3 Å². The summed E-state index contributed by atoms with van der Waals surface area (Å²) in [7, 11) is 0. The van der Waals surface area contributed by atoms with E-state index >= 15 is 0 Å². The molecule has 2 nitrogen and oxygen atoms in total. The lowest BCUT2D eigenvalue weighted by Crippen LogP contribution is -2.20. The first-order valence-corrected chi connectivity index (χ1v) is 7.45. The van der Waals surface area contributed by atoms with Gasteiger partial charge in [-0.1, -0.05) is 36.7 Å². The summed E-state index contributed by atoms with van der Waals surface area (Å²) in [6, 6.07) is 16.5. The SMILES string of the molecule is CCNCc1cc(Cl)ccc1N(CC)c1ccccc1. The second kappa shape index (κ2) is 7.32. The van der Waals surface area contributed by atoms with Crippen LogP contribution in [0.25, 0.3) is 0 Å². The Morgan fingerprint density at radius 1 is 1.05 bits per heavy atom. The lowest BCUT2D eigenvalue weighted by molar-refractivity contribution is 0.725. The third-order valence-corrected chi connectivity index (χ3v) is 3.52. The second-order valence-electron chi connectivity index (χ2n) is 4.63. The van der Waals surface area contributed by atoms with Crippen LogP contribution in [0.4, 0.5) is 11.4 Å². The molecule has 0 spiro atoms. The van der Waals surface area contributed by atoms with Crippen molar-refractivity contribution in [2.24, 2.45) is 0 Å². The van der Waals surface area contributed by atoms with Gasteiger partial charge in [-0.3, -0.25) is 0 Å². The molecule has 2 aromatic carbocycles. The third kappa shape index (κ3) is 3.53. The smallest absolute Gasteiger partial charge is 0.0457 e. The Bertz CT molecular complexity index is 540. The van der Waals surface area contributed by atoms with Crippen molar-refractivity contribution in [3.63, 3.8) is 0 Å². The lowest BCUT2D eigenvalue weighted by atomic mass is 10.1. The molecule has 0 radical (unpaired) electrons. The van der Waals surface area contributed by atoms with Gasteiger partial charge in [0.25, 0.3) is 0 Å². The van der Waals surface area contributed by atoms with Crippen LogP contribution in [0.3, 0.4) is 0 Å². The van der Waals surface area contributed by atoms with Gasteiger partial charge in [-0.15, -0.1) is 0 Å². The molecule has 0 heterocycles. The molecular formula is C17H21ClN2. The second-order valence-corrected chi connectivity index (χ2v) is 5.07. The highest BCUT2D eigenvalue weighted by atomic mass is 35.5. The van der Waals surface area contributed by atoms with Gasteiger partial charge in [0.15, 0.2) is 0 Å². The minimum absolute atomic E-state index is 0.783. The van der Waals surface area contributed by atoms with E-state index in [4.69, 9.17) is 11.6 Å². The Morgan fingerprint density at radius 3 is 2.45 bits per heavy atom. The number of nitrogens with one attached hydrogen (secondary N) is 1. The van der Waals surface area contributed by atoms with E-state index in [0.717, 1.165) is 24.7 Å². The van der Waals surface area contributed by atoms with Gasteiger partial charge in [-0.2, -0.15) is 0 Å². The fourth-order valence-electron chi connectivity index (χ4n) is 2.32. The van der Waals surface area contributed by atoms with Gasteiger partial charge in [-0.25, -0.2) is 0 Å². The molecule has 0 aliphatic carbocycles. The fourth-order valence-corrected chi connectivity index (χ4v) is 2.51. The zero-order valence-corrected chi connectivity index (χ0v) is 12.8. The van der Waals surface area contributed by atoms with Crippen LogP contribution in [-0.2, 0) is 6.54 Å². The third-order valence-electron chi connectivity index (χ3n) is 3.28. The molecule has 3 heteroatoms. The molecule has 20 heavy (non-hydrogen) atoms. The number of halogens is 1. The standard InChI is InChI=1S/C17H21ClN2/c1-3-19-13-14-12-15(18)10-11-17(14)20(4-2)16-8-6-5-7-9-16/h5-12,19H,3-4,13H2,1-2H3. The number of benzene rings is 2. The molecule has 0 aliphatic heterocycles. The van der Waals surface area contributed by atoms with Crippen LogP contribution in [0.15, 0.2) is 48.5 Å². The molecule has 0 aliphatic rings. The van der Waals surface area contributed by atoms with Crippen LogP contribution >= 0.6 is 11.6 Å². The summed E-state index contributed by atoms with van der Waals surface area (Å²) in [5, 5.41) is 4.16. The molecule has 1 N–H and O–H groups in total. The molecule has 0 saturated heterocycles. The largest absolute Gasteiger partial charge is 0.342 e. The van der Waals surface area contributed by atoms with Crippen LogP contribution < -0.4 is 10.2 Å². The molecule has 0 bridgehead atoms. The van der Waals surface area contributed by atoms with Crippen LogP contribution in [0, 0.1) is 0 Å². The highest BCUT2D eigenvalue weighted by Gasteiger charge is 2.11. The molecule has 2 aromatic rings. The van der Waals surface area contributed by atoms with E-state index < -0.39 is 0 Å². The van der Waals surface area contributed by atoms with E-state index in [0.29, 0.717) is 0 Å². The highest BCUT2D eigenvalue weighted by molar-refractivity contribution is 6.30. The summed E-state index contributed by atoms with van der Waals surface area (Å²) in [6.07, 6.45) is 0. The predicted molar refractivity (Wildman–Crippen MR) is 88.0 cm³/mol. The van der Waals surface area contributed by atoms with Crippen LogP contribution in [0.1, 0.15) is 19.4 Å². The lowest BCUT2D eigenvalue weighted by Gasteiger charge is -2.26. The summed E-state index contributed by atoms with van der Waals surface area (Å²) in [5.41, 5.74) is 3.64. The van der Waals surface area contributed by atoms with Gasteiger partial charge in [0.05, 0.1) is 0 Å². The van der Waals surface area contributed by atoms with Crippen LogP contribution in [0.5, 0.6) is 0 Å². The molecule has 0 amide bonds. The first kappa shape index (κ1) is 14.9. The number of anilines is 2. The summed E-state index contributed by atoms with van der Waals surface area (Å²) >= 11 is 6.14. The van der Waals surface area contributed by atoms with E-state index in [1.54, 1.807) is 0 Å². The molecular weight excluding hydrogens is 268 g/mol. The van der Waals surface area contributed by atoms with Gasteiger partial charge in [0.2, 0.25) is 0 Å². The Morgan fingerprint density at radius 2 is 1.80 bits per heavy atom. The number of nitrogens with zero attached hydrogens (tertiary/aromatic N) is 1. The molecule has 0 atom stereocenters. The van der Waals surface area contributed by atoms with Crippen LogP contribution in [0.2, 0.25) is 5.02 Å². The zero-order valence-electron chi connectivity index (χ0n) is 12.1. The van der Waals surface area contributed by atoms with E-state index in [2.05, 4.69) is 54.4 Å². The number of hydrogen-bond acceptors (Lipinski definition) is 2. The van der Waals surface area contributed by atoms with Crippen molar-refractivity contribution < 1.29 is 0 Å². The Labute approximate surface area is 126 Å². The Hall–Kier alpha value is -1.51. The van der Waals surface area contributed by atoms with Crippen molar-refractivity contribution in [3.05, 3.63) is 59.1 Å². The molecule has 0 saturated carbocycles. The maximum absolute atomic E-state index is 6.14. The summed E-state index contributed by atoms with van der Waals surface area (Å²) < 4.78 is 0. The predicted octanol–water partition coefficient (Wildman–Crippen LogP) is 4.61. The van der Waals surface area contributed by atoms with Crippen molar-refractivity contribution in [1.82, 2.24) is 5.32 Å². The maximum atomic E-state index is 6.14. The summed E-state index contributed by atoms with van der Waals surface area (Å²) in [4.78, 5) is 2.31. The van der Waals surface area contributed by atoms with E-state index in [1.165, 1.54) is 16.9 Å². The van der Waals surface area contributed by atoms with E-state index in [9.17, 15) is 0 Å². The fraction of sp³-hybridized carbons (Fsp3) is 0.294. The molecule has 0 fully saturated rings. The number of rotatable bonds is 6. The minimum atomic E-state index is 0.783. The van der Waals surface area contributed by atoms with Crippen molar-refractivity contribution >= 4 is 23.0 Å². The van der Waals surface area contributed by atoms with Crippen molar-refractivity contribution in [1.29, 1.82) is 0 Å². The van der Waals surface area contributed by atoms with Crippen molar-refractivity contribution in [2.45, 2.75) is 20.4 Å². The van der Waals surface area contributed by atoms with Gasteiger partial charge < -0.3 is 10.2 Å².